The second-order valence-corrected chi connectivity index (χ2v) is 5.43. The minimum atomic E-state index is -1.07. The molecule has 2 N–H and O–H groups in total. The fourth-order valence-corrected chi connectivity index (χ4v) is 2.48. The third-order valence-electron chi connectivity index (χ3n) is 3.54. The van der Waals surface area contributed by atoms with E-state index < -0.39 is 17.6 Å². The van der Waals surface area contributed by atoms with E-state index in [-0.39, 0.29) is 5.91 Å². The zero-order valence-corrected chi connectivity index (χ0v) is 12.7. The monoisotopic (exact) mass is 292 g/mol. The van der Waals surface area contributed by atoms with E-state index in [0.717, 1.165) is 0 Å². The highest BCUT2D eigenvalue weighted by Crippen LogP contribution is 2.43. The zero-order chi connectivity index (χ0) is 15.8. The number of amides is 1. The number of nitrogen functional groups attached to an aromatic ring is 1. The molecular weight excluding hydrogens is 272 g/mol. The molecule has 0 aliphatic carbocycles. The van der Waals surface area contributed by atoms with Gasteiger partial charge in [0.25, 0.3) is 5.91 Å². The van der Waals surface area contributed by atoms with Crippen molar-refractivity contribution in [3.8, 4) is 5.75 Å². The quantitative estimate of drug-likeness (QED) is 0.677. The molecule has 114 valence electrons. The Kier molecular flexibility index (Phi) is 3.80. The maximum Gasteiger partial charge on any atom is 0.328 e. The molecule has 1 aliphatic heterocycles. The third-order valence-corrected chi connectivity index (χ3v) is 3.54. The number of carbonyl (C=O) groups excluding carboxylic acids is 2. The molecule has 1 aromatic carbocycles. The normalized spacial score (nSPS) is 17.7. The van der Waals surface area contributed by atoms with Gasteiger partial charge in [0.15, 0.2) is 5.60 Å². The highest BCUT2D eigenvalue weighted by atomic mass is 16.5. The van der Waals surface area contributed by atoms with Crippen molar-refractivity contribution in [1.29, 1.82) is 0 Å². The Balaban J connectivity index is 2.62. The van der Waals surface area contributed by atoms with Crippen molar-refractivity contribution in [3.63, 3.8) is 0 Å². The van der Waals surface area contributed by atoms with Crippen molar-refractivity contribution in [3.05, 3.63) is 18.2 Å². The van der Waals surface area contributed by atoms with Crippen molar-refractivity contribution in [2.75, 3.05) is 17.7 Å². The number of para-hydroxylation sites is 1. The maximum atomic E-state index is 12.7. The van der Waals surface area contributed by atoms with E-state index in [9.17, 15) is 9.59 Å². The number of anilines is 2. The molecule has 0 bridgehead atoms. The molecule has 1 aliphatic rings. The van der Waals surface area contributed by atoms with Gasteiger partial charge in [-0.15, -0.1) is 0 Å². The van der Waals surface area contributed by atoms with Gasteiger partial charge in [0.2, 0.25) is 0 Å². The summed E-state index contributed by atoms with van der Waals surface area (Å²) < 4.78 is 10.5. The largest absolute Gasteiger partial charge is 0.476 e. The first-order chi connectivity index (χ1) is 9.83. The Morgan fingerprint density at radius 3 is 2.71 bits per heavy atom. The molecule has 0 radical (unpaired) electrons. The fourth-order valence-electron chi connectivity index (χ4n) is 2.48. The lowest BCUT2D eigenvalue weighted by Crippen LogP contribution is -2.58. The average molecular weight is 292 g/mol. The second kappa shape index (κ2) is 5.27. The van der Waals surface area contributed by atoms with Crippen LogP contribution in [-0.2, 0) is 14.3 Å². The summed E-state index contributed by atoms with van der Waals surface area (Å²) in [7, 11) is 1.30. The SMILES string of the molecule is CCC(C(=O)OC)N1C(=O)C(C)(C)Oc2cccc(N)c21. The highest BCUT2D eigenvalue weighted by molar-refractivity contribution is 6.08. The van der Waals surface area contributed by atoms with Crippen LogP contribution < -0.4 is 15.4 Å². The van der Waals surface area contributed by atoms with Crippen LogP contribution in [-0.4, -0.2) is 30.6 Å². The molecule has 21 heavy (non-hydrogen) atoms. The molecule has 1 aromatic rings. The van der Waals surface area contributed by atoms with Gasteiger partial charge in [-0.1, -0.05) is 13.0 Å². The van der Waals surface area contributed by atoms with Gasteiger partial charge < -0.3 is 15.2 Å². The molecule has 0 aromatic heterocycles. The number of benzene rings is 1. The standard InChI is InChI=1S/C15H20N2O4/c1-5-10(13(18)20-4)17-12-9(16)7-6-8-11(12)21-15(2,3)14(17)19/h6-8,10H,5,16H2,1-4H3. The number of rotatable bonds is 3. The van der Waals surface area contributed by atoms with Crippen molar-refractivity contribution in [2.24, 2.45) is 0 Å². The fraction of sp³-hybridized carbons (Fsp3) is 0.467. The van der Waals surface area contributed by atoms with Crippen LogP contribution in [0.15, 0.2) is 18.2 Å². The molecule has 6 nitrogen and oxygen atoms in total. The molecule has 0 spiro atoms. The topological polar surface area (TPSA) is 81.9 Å². The summed E-state index contributed by atoms with van der Waals surface area (Å²) in [6, 6.07) is 4.42. The lowest BCUT2D eigenvalue weighted by Gasteiger charge is -2.41. The molecule has 1 unspecified atom stereocenters. The van der Waals surface area contributed by atoms with E-state index in [2.05, 4.69) is 0 Å². The van der Waals surface area contributed by atoms with Crippen LogP contribution in [0.2, 0.25) is 0 Å². The number of fused-ring (bicyclic) bond motifs is 1. The number of esters is 1. The summed E-state index contributed by atoms with van der Waals surface area (Å²) in [4.78, 5) is 26.1. The Morgan fingerprint density at radius 2 is 2.14 bits per heavy atom. The first-order valence-electron chi connectivity index (χ1n) is 6.82. The van der Waals surface area contributed by atoms with Crippen LogP contribution in [0, 0.1) is 0 Å². The number of nitrogens with two attached hydrogens (primary N) is 1. The first-order valence-corrected chi connectivity index (χ1v) is 6.82. The van der Waals surface area contributed by atoms with E-state index >= 15 is 0 Å². The second-order valence-electron chi connectivity index (χ2n) is 5.43. The first kappa shape index (κ1) is 15.2. The van der Waals surface area contributed by atoms with E-state index in [1.54, 1.807) is 32.0 Å². The van der Waals surface area contributed by atoms with Crippen LogP contribution in [0.3, 0.4) is 0 Å². The summed E-state index contributed by atoms with van der Waals surface area (Å²) in [5, 5.41) is 0. The zero-order valence-electron chi connectivity index (χ0n) is 12.7. The van der Waals surface area contributed by atoms with Crippen molar-refractivity contribution >= 4 is 23.3 Å². The van der Waals surface area contributed by atoms with Gasteiger partial charge in [0.1, 0.15) is 17.5 Å². The number of hydrogen-bond donors (Lipinski definition) is 1. The molecule has 2 rings (SSSR count). The van der Waals surface area contributed by atoms with E-state index in [1.807, 2.05) is 6.92 Å². The maximum absolute atomic E-state index is 12.7. The highest BCUT2D eigenvalue weighted by Gasteiger charge is 2.46. The Hall–Kier alpha value is -2.24. The van der Waals surface area contributed by atoms with Gasteiger partial charge in [-0.2, -0.15) is 0 Å². The molecule has 0 fully saturated rings. The number of methoxy groups -OCH3 is 1. The Morgan fingerprint density at radius 1 is 1.48 bits per heavy atom. The van der Waals surface area contributed by atoms with Gasteiger partial charge >= 0.3 is 5.97 Å². The van der Waals surface area contributed by atoms with E-state index in [1.165, 1.54) is 12.0 Å². The molecule has 0 saturated carbocycles. The van der Waals surface area contributed by atoms with Gasteiger partial charge in [-0.25, -0.2) is 4.79 Å². The number of nitrogens with zero attached hydrogens (tertiary/aromatic N) is 1. The van der Waals surface area contributed by atoms with Crippen molar-refractivity contribution in [2.45, 2.75) is 38.8 Å². The summed E-state index contributed by atoms with van der Waals surface area (Å²) in [6.07, 6.45) is 0.419. The van der Waals surface area contributed by atoms with Gasteiger partial charge in [0.05, 0.1) is 12.8 Å². The van der Waals surface area contributed by atoms with Crippen LogP contribution in [0.4, 0.5) is 11.4 Å². The predicted octanol–water partition coefficient (Wildman–Crippen LogP) is 1.72. The van der Waals surface area contributed by atoms with Gasteiger partial charge in [-0.3, -0.25) is 9.69 Å². The van der Waals surface area contributed by atoms with Crippen LogP contribution in [0.1, 0.15) is 27.2 Å². The van der Waals surface area contributed by atoms with Crippen molar-refractivity contribution < 1.29 is 19.1 Å². The minimum Gasteiger partial charge on any atom is -0.476 e. The van der Waals surface area contributed by atoms with Crippen LogP contribution in [0.5, 0.6) is 5.75 Å². The molecule has 1 heterocycles. The van der Waals surface area contributed by atoms with Crippen molar-refractivity contribution in [1.82, 2.24) is 0 Å². The van der Waals surface area contributed by atoms with Gasteiger partial charge in [-0.05, 0) is 32.4 Å². The average Bonchev–Trinajstić information content (AvgIpc) is 2.43. The Labute approximate surface area is 123 Å². The summed E-state index contributed by atoms with van der Waals surface area (Å²) in [5.74, 6) is -0.301. The smallest absolute Gasteiger partial charge is 0.328 e. The minimum absolute atomic E-state index is 0.315. The molecule has 1 atom stereocenters. The molecule has 0 saturated heterocycles. The molecule has 1 amide bonds. The van der Waals surface area contributed by atoms with Gasteiger partial charge in [0, 0.05) is 0 Å². The summed E-state index contributed by atoms with van der Waals surface area (Å²) in [5.41, 5.74) is 5.74. The predicted molar refractivity (Wildman–Crippen MR) is 79.1 cm³/mol. The number of hydrogen-bond acceptors (Lipinski definition) is 5. The summed E-state index contributed by atoms with van der Waals surface area (Å²) in [6.45, 7) is 5.15. The summed E-state index contributed by atoms with van der Waals surface area (Å²) >= 11 is 0. The number of ether oxygens (including phenoxy) is 2. The molecule has 6 heteroatoms. The lowest BCUT2D eigenvalue weighted by atomic mass is 10.00. The van der Waals surface area contributed by atoms with E-state index in [0.29, 0.717) is 23.5 Å². The molecular formula is C15H20N2O4. The van der Waals surface area contributed by atoms with E-state index in [4.69, 9.17) is 15.2 Å². The van der Waals surface area contributed by atoms with Crippen LogP contribution >= 0.6 is 0 Å². The third kappa shape index (κ3) is 2.41. The Bertz CT molecular complexity index is 583. The lowest BCUT2D eigenvalue weighted by molar-refractivity contribution is -0.145. The number of carbonyl (C=O) groups is 2. The van der Waals surface area contributed by atoms with Crippen LogP contribution in [0.25, 0.3) is 0 Å².